The van der Waals surface area contributed by atoms with E-state index in [4.69, 9.17) is 4.74 Å². The number of rotatable bonds is 4. The third-order valence-electron chi connectivity index (χ3n) is 5.00. The highest BCUT2D eigenvalue weighted by Crippen LogP contribution is 2.36. The summed E-state index contributed by atoms with van der Waals surface area (Å²) in [6, 6.07) is 6.93. The molecule has 7 heteroatoms. The lowest BCUT2D eigenvalue weighted by molar-refractivity contribution is -0.143. The van der Waals surface area contributed by atoms with Gasteiger partial charge in [-0.05, 0) is 18.1 Å². The van der Waals surface area contributed by atoms with E-state index in [0.29, 0.717) is 32.2 Å². The molecule has 0 radical (unpaired) electrons. The van der Waals surface area contributed by atoms with Gasteiger partial charge in [0.15, 0.2) is 0 Å². The first kappa shape index (κ1) is 16.8. The molecule has 0 unspecified atom stereocenters. The molecular weight excluding hydrogens is 332 g/mol. The van der Waals surface area contributed by atoms with Gasteiger partial charge in [-0.25, -0.2) is 9.97 Å². The zero-order valence-corrected chi connectivity index (χ0v) is 14.5. The summed E-state index contributed by atoms with van der Waals surface area (Å²) in [5, 5.41) is 9.95. The number of fused-ring (bicyclic) bond motifs is 1. The fourth-order valence-electron chi connectivity index (χ4n) is 3.79. The van der Waals surface area contributed by atoms with Crippen LogP contribution in [0.5, 0.6) is 5.75 Å². The third-order valence-corrected chi connectivity index (χ3v) is 5.00. The molecule has 2 aliphatic rings. The van der Waals surface area contributed by atoms with Crippen molar-refractivity contribution in [3.63, 3.8) is 0 Å². The number of carbonyl (C=O) groups is 1. The summed E-state index contributed by atoms with van der Waals surface area (Å²) in [6.07, 6.45) is 5.16. The predicted molar refractivity (Wildman–Crippen MR) is 96.5 cm³/mol. The third kappa shape index (κ3) is 3.22. The van der Waals surface area contributed by atoms with Crippen LogP contribution in [0.2, 0.25) is 0 Å². The Hall–Kier alpha value is -2.67. The maximum Gasteiger partial charge on any atom is 0.325 e. The fraction of sp³-hybridized carbons (Fsp3) is 0.421. The number of hydrogen-bond acceptors (Lipinski definition) is 6. The zero-order valence-electron chi connectivity index (χ0n) is 14.5. The van der Waals surface area contributed by atoms with Gasteiger partial charge in [0.25, 0.3) is 0 Å². The van der Waals surface area contributed by atoms with Crippen LogP contribution in [0.1, 0.15) is 23.6 Å². The molecule has 1 aromatic carbocycles. The second-order valence-electron chi connectivity index (χ2n) is 6.60. The SMILES string of the molecule is O=C(O)[C@@H](c1cccc2c1OCC2)N1CCCN(c2ncccn2)CC1. The van der Waals surface area contributed by atoms with Gasteiger partial charge in [0, 0.05) is 50.6 Å². The molecule has 2 aliphatic heterocycles. The monoisotopic (exact) mass is 354 g/mol. The van der Waals surface area contributed by atoms with Crippen molar-refractivity contribution < 1.29 is 14.6 Å². The Morgan fingerprint density at radius 2 is 1.96 bits per heavy atom. The number of carboxylic acids is 1. The Labute approximate surface area is 152 Å². The first-order valence-electron chi connectivity index (χ1n) is 8.97. The standard InChI is InChI=1S/C19H22N4O3/c24-18(25)16(15-5-1-4-14-6-13-26-17(14)15)22-9-3-10-23(12-11-22)19-20-7-2-8-21-19/h1-2,4-5,7-8,16H,3,6,9-13H2,(H,24,25)/t16-/m1/s1. The van der Waals surface area contributed by atoms with Gasteiger partial charge in [-0.15, -0.1) is 0 Å². The Morgan fingerprint density at radius 3 is 2.77 bits per heavy atom. The number of ether oxygens (including phenoxy) is 1. The summed E-state index contributed by atoms with van der Waals surface area (Å²) in [6.45, 7) is 3.49. The van der Waals surface area contributed by atoms with Crippen LogP contribution in [0.3, 0.4) is 0 Å². The Morgan fingerprint density at radius 1 is 1.12 bits per heavy atom. The minimum atomic E-state index is -0.835. The molecule has 0 aliphatic carbocycles. The maximum atomic E-state index is 12.1. The molecule has 26 heavy (non-hydrogen) atoms. The normalized spacial score (nSPS) is 18.7. The smallest absolute Gasteiger partial charge is 0.325 e. The number of benzene rings is 1. The highest BCUT2D eigenvalue weighted by Gasteiger charge is 2.33. The van der Waals surface area contributed by atoms with Crippen molar-refractivity contribution in [3.8, 4) is 5.75 Å². The molecule has 2 aromatic rings. The molecule has 0 bridgehead atoms. The number of anilines is 1. The minimum Gasteiger partial charge on any atom is -0.493 e. The van der Waals surface area contributed by atoms with E-state index in [1.807, 2.05) is 23.1 Å². The molecule has 0 spiro atoms. The number of hydrogen-bond donors (Lipinski definition) is 1. The van der Waals surface area contributed by atoms with Crippen molar-refractivity contribution in [1.29, 1.82) is 0 Å². The number of para-hydroxylation sites is 1. The van der Waals surface area contributed by atoms with E-state index in [1.165, 1.54) is 0 Å². The van der Waals surface area contributed by atoms with Gasteiger partial charge in [0.2, 0.25) is 5.95 Å². The molecule has 1 fully saturated rings. The second kappa shape index (κ2) is 7.29. The molecule has 1 aromatic heterocycles. The molecule has 7 nitrogen and oxygen atoms in total. The number of carboxylic acid groups (broad SMARTS) is 1. The van der Waals surface area contributed by atoms with Crippen LogP contribution in [0.15, 0.2) is 36.7 Å². The number of aromatic nitrogens is 2. The van der Waals surface area contributed by atoms with Crippen molar-refractivity contribution in [1.82, 2.24) is 14.9 Å². The topological polar surface area (TPSA) is 78.8 Å². The zero-order chi connectivity index (χ0) is 17.9. The van der Waals surface area contributed by atoms with Crippen LogP contribution in [0, 0.1) is 0 Å². The molecule has 1 atom stereocenters. The van der Waals surface area contributed by atoms with Gasteiger partial charge in [-0.2, -0.15) is 0 Å². The van der Waals surface area contributed by atoms with Crippen molar-refractivity contribution in [3.05, 3.63) is 47.8 Å². The predicted octanol–water partition coefficient (Wildman–Crippen LogP) is 1.75. The quantitative estimate of drug-likeness (QED) is 0.896. The van der Waals surface area contributed by atoms with Gasteiger partial charge in [0.05, 0.1) is 6.61 Å². The van der Waals surface area contributed by atoms with Crippen molar-refractivity contribution in [2.45, 2.75) is 18.9 Å². The lowest BCUT2D eigenvalue weighted by Crippen LogP contribution is -2.37. The van der Waals surface area contributed by atoms with E-state index in [1.54, 1.807) is 18.5 Å². The summed E-state index contributed by atoms with van der Waals surface area (Å²) in [7, 11) is 0. The summed E-state index contributed by atoms with van der Waals surface area (Å²) in [5.74, 6) is 0.621. The lowest BCUT2D eigenvalue weighted by Gasteiger charge is -2.28. The van der Waals surface area contributed by atoms with Crippen LogP contribution in [-0.4, -0.2) is 58.7 Å². The summed E-state index contributed by atoms with van der Waals surface area (Å²) >= 11 is 0. The van der Waals surface area contributed by atoms with E-state index in [0.717, 1.165) is 36.3 Å². The fourth-order valence-corrected chi connectivity index (χ4v) is 3.79. The van der Waals surface area contributed by atoms with E-state index in [-0.39, 0.29) is 0 Å². The van der Waals surface area contributed by atoms with Crippen molar-refractivity contribution in [2.75, 3.05) is 37.7 Å². The Balaban J connectivity index is 1.57. The molecule has 136 valence electrons. The van der Waals surface area contributed by atoms with Crippen LogP contribution >= 0.6 is 0 Å². The molecule has 0 saturated carbocycles. The van der Waals surface area contributed by atoms with Crippen molar-refractivity contribution in [2.24, 2.45) is 0 Å². The maximum absolute atomic E-state index is 12.1. The van der Waals surface area contributed by atoms with Crippen LogP contribution < -0.4 is 9.64 Å². The lowest BCUT2D eigenvalue weighted by atomic mass is 10.0. The molecule has 0 amide bonds. The van der Waals surface area contributed by atoms with Gasteiger partial charge < -0.3 is 14.7 Å². The van der Waals surface area contributed by atoms with E-state index in [2.05, 4.69) is 14.9 Å². The molecule has 1 saturated heterocycles. The van der Waals surface area contributed by atoms with Crippen LogP contribution in [0.25, 0.3) is 0 Å². The summed E-state index contributed by atoms with van der Waals surface area (Å²) in [4.78, 5) is 24.9. The average Bonchev–Trinajstić information content (AvgIpc) is 3.02. The number of nitrogens with zero attached hydrogens (tertiary/aromatic N) is 4. The van der Waals surface area contributed by atoms with Gasteiger partial charge in [-0.1, -0.05) is 18.2 Å². The molecule has 4 rings (SSSR count). The summed E-state index contributed by atoms with van der Waals surface area (Å²) in [5.41, 5.74) is 1.86. The molecular formula is C19H22N4O3. The average molecular weight is 354 g/mol. The second-order valence-corrected chi connectivity index (χ2v) is 6.60. The molecule has 3 heterocycles. The largest absolute Gasteiger partial charge is 0.493 e. The Kier molecular flexibility index (Phi) is 4.71. The van der Waals surface area contributed by atoms with Crippen LogP contribution in [-0.2, 0) is 11.2 Å². The van der Waals surface area contributed by atoms with E-state index >= 15 is 0 Å². The first-order valence-corrected chi connectivity index (χ1v) is 8.97. The van der Waals surface area contributed by atoms with Gasteiger partial charge in [-0.3, -0.25) is 9.69 Å². The van der Waals surface area contributed by atoms with Gasteiger partial charge in [0.1, 0.15) is 11.8 Å². The van der Waals surface area contributed by atoms with E-state index < -0.39 is 12.0 Å². The first-order chi connectivity index (χ1) is 12.7. The van der Waals surface area contributed by atoms with Crippen LogP contribution in [0.4, 0.5) is 5.95 Å². The van der Waals surface area contributed by atoms with E-state index in [9.17, 15) is 9.90 Å². The summed E-state index contributed by atoms with van der Waals surface area (Å²) < 4.78 is 5.75. The van der Waals surface area contributed by atoms with Gasteiger partial charge >= 0.3 is 5.97 Å². The highest BCUT2D eigenvalue weighted by atomic mass is 16.5. The minimum absolute atomic E-state index is 0.623. The number of aliphatic carboxylic acids is 1. The van der Waals surface area contributed by atoms with Crippen molar-refractivity contribution >= 4 is 11.9 Å². The highest BCUT2D eigenvalue weighted by molar-refractivity contribution is 5.77. The molecule has 1 N–H and O–H groups in total. The Bertz CT molecular complexity index is 784.